The van der Waals surface area contributed by atoms with Gasteiger partial charge in [-0.15, -0.1) is 21.5 Å². The van der Waals surface area contributed by atoms with Gasteiger partial charge in [-0.3, -0.25) is 4.79 Å². The summed E-state index contributed by atoms with van der Waals surface area (Å²) in [6.07, 6.45) is 0. The Balaban J connectivity index is 1.44. The highest BCUT2D eigenvalue weighted by Crippen LogP contribution is 2.23. The van der Waals surface area contributed by atoms with Crippen LogP contribution in [-0.4, -0.2) is 16.1 Å². The van der Waals surface area contributed by atoms with Crippen molar-refractivity contribution in [3.63, 3.8) is 0 Å². The Bertz CT molecular complexity index is 1060. The average Bonchev–Trinajstić information content (AvgIpc) is 3.38. The van der Waals surface area contributed by atoms with E-state index in [2.05, 4.69) is 15.5 Å². The molecular weight excluding hydrogens is 365 g/mol. The summed E-state index contributed by atoms with van der Waals surface area (Å²) in [5.41, 5.74) is 2.17. The normalized spacial score (nSPS) is 10.7. The molecule has 1 amide bonds. The molecule has 1 N–H and O–H groups in total. The number of carbonyl (C=O) groups is 1. The molecule has 2 aromatic heterocycles. The Morgan fingerprint density at radius 3 is 2.67 bits per heavy atom. The Labute approximate surface area is 158 Å². The summed E-state index contributed by atoms with van der Waals surface area (Å²) in [6.45, 7) is 0.137. The molecule has 0 aliphatic carbocycles. The second kappa shape index (κ2) is 7.51. The lowest BCUT2D eigenvalue weighted by Gasteiger charge is -2.06. The molecule has 0 radical (unpaired) electrons. The summed E-state index contributed by atoms with van der Waals surface area (Å²) in [5.74, 6) is 0.220. The van der Waals surface area contributed by atoms with Gasteiger partial charge in [0.1, 0.15) is 5.82 Å². The SMILES string of the molecule is O=C(NCc1nnc(-c2cccs2)o1)c1cccc(-c2ccc(F)cc2)c1. The number of nitrogens with zero attached hydrogens (tertiary/aromatic N) is 2. The lowest BCUT2D eigenvalue weighted by atomic mass is 10.0. The van der Waals surface area contributed by atoms with Gasteiger partial charge in [-0.1, -0.05) is 30.3 Å². The highest BCUT2D eigenvalue weighted by Gasteiger charge is 2.12. The predicted molar refractivity (Wildman–Crippen MR) is 101 cm³/mol. The number of nitrogens with one attached hydrogen (secondary N) is 1. The Hall–Kier alpha value is -3.32. The Kier molecular flexibility index (Phi) is 4.76. The van der Waals surface area contributed by atoms with E-state index in [9.17, 15) is 9.18 Å². The van der Waals surface area contributed by atoms with Crippen LogP contribution >= 0.6 is 11.3 Å². The van der Waals surface area contributed by atoms with Gasteiger partial charge in [0.15, 0.2) is 0 Å². The zero-order valence-corrected chi connectivity index (χ0v) is 14.9. The van der Waals surface area contributed by atoms with Crippen LogP contribution in [0.5, 0.6) is 0 Å². The van der Waals surface area contributed by atoms with Gasteiger partial charge in [0.25, 0.3) is 11.8 Å². The van der Waals surface area contributed by atoms with E-state index in [1.165, 1.54) is 23.5 Å². The third kappa shape index (κ3) is 3.93. The zero-order valence-electron chi connectivity index (χ0n) is 14.1. The molecule has 0 bridgehead atoms. The Morgan fingerprint density at radius 1 is 1.04 bits per heavy atom. The molecule has 0 spiro atoms. The van der Waals surface area contributed by atoms with Gasteiger partial charge in [0.2, 0.25) is 5.89 Å². The smallest absolute Gasteiger partial charge is 0.257 e. The van der Waals surface area contributed by atoms with Crippen molar-refractivity contribution in [2.75, 3.05) is 0 Å². The number of thiophene rings is 1. The highest BCUT2D eigenvalue weighted by atomic mass is 32.1. The van der Waals surface area contributed by atoms with Gasteiger partial charge in [0, 0.05) is 5.56 Å². The summed E-state index contributed by atoms with van der Waals surface area (Å²) in [7, 11) is 0. The zero-order chi connectivity index (χ0) is 18.6. The lowest BCUT2D eigenvalue weighted by molar-refractivity contribution is 0.0947. The number of aromatic nitrogens is 2. The second-order valence-electron chi connectivity index (χ2n) is 5.75. The molecule has 0 atom stereocenters. The van der Waals surface area contributed by atoms with Crippen molar-refractivity contribution in [2.45, 2.75) is 6.54 Å². The van der Waals surface area contributed by atoms with Crippen molar-refractivity contribution in [3.05, 3.63) is 83.3 Å². The second-order valence-corrected chi connectivity index (χ2v) is 6.70. The maximum absolute atomic E-state index is 13.1. The van der Waals surface area contributed by atoms with Gasteiger partial charge in [-0.25, -0.2) is 4.39 Å². The van der Waals surface area contributed by atoms with Gasteiger partial charge >= 0.3 is 0 Å². The number of rotatable bonds is 5. The Morgan fingerprint density at radius 2 is 1.89 bits per heavy atom. The molecule has 2 aromatic carbocycles. The minimum atomic E-state index is -0.297. The fraction of sp³-hybridized carbons (Fsp3) is 0.0500. The van der Waals surface area contributed by atoms with Crippen molar-refractivity contribution in [1.29, 1.82) is 0 Å². The minimum Gasteiger partial charge on any atom is -0.418 e. The maximum Gasteiger partial charge on any atom is 0.257 e. The molecule has 27 heavy (non-hydrogen) atoms. The van der Waals surface area contributed by atoms with Crippen molar-refractivity contribution in [2.24, 2.45) is 0 Å². The van der Waals surface area contributed by atoms with E-state index in [4.69, 9.17) is 4.42 Å². The van der Waals surface area contributed by atoms with Gasteiger partial charge in [0.05, 0.1) is 11.4 Å². The predicted octanol–water partition coefficient (Wildman–Crippen LogP) is 4.53. The van der Waals surface area contributed by atoms with Crippen LogP contribution < -0.4 is 5.32 Å². The molecule has 0 unspecified atom stereocenters. The first-order chi connectivity index (χ1) is 13.2. The van der Waals surface area contributed by atoms with Crippen LogP contribution in [0.1, 0.15) is 16.2 Å². The number of amides is 1. The lowest BCUT2D eigenvalue weighted by Crippen LogP contribution is -2.22. The van der Waals surface area contributed by atoms with Crippen molar-refractivity contribution in [1.82, 2.24) is 15.5 Å². The summed E-state index contributed by atoms with van der Waals surface area (Å²) < 4.78 is 18.6. The van der Waals surface area contributed by atoms with Crippen LogP contribution in [0.15, 0.2) is 70.5 Å². The molecule has 0 saturated carbocycles. The summed E-state index contributed by atoms with van der Waals surface area (Å²) in [6, 6.07) is 17.1. The van der Waals surface area contributed by atoms with Gasteiger partial charge < -0.3 is 9.73 Å². The summed E-state index contributed by atoms with van der Waals surface area (Å²) >= 11 is 1.50. The maximum atomic E-state index is 13.1. The van der Waals surface area contributed by atoms with Crippen LogP contribution in [0.25, 0.3) is 21.9 Å². The molecular formula is C20H14FN3O2S. The molecule has 7 heteroatoms. The number of carbonyl (C=O) groups excluding carboxylic acids is 1. The molecule has 4 aromatic rings. The molecule has 4 rings (SSSR count). The first kappa shape index (κ1) is 17.1. The first-order valence-corrected chi connectivity index (χ1v) is 9.07. The molecule has 2 heterocycles. The van der Waals surface area contributed by atoms with Crippen molar-refractivity contribution >= 4 is 17.2 Å². The van der Waals surface area contributed by atoms with Gasteiger partial charge in [-0.05, 0) is 46.8 Å². The van der Waals surface area contributed by atoms with E-state index >= 15 is 0 Å². The standard InChI is InChI=1S/C20H14FN3O2S/c21-16-8-6-13(7-9-16)14-3-1-4-15(11-14)19(25)22-12-18-23-24-20(26-18)17-5-2-10-27-17/h1-11H,12H2,(H,22,25). The molecule has 0 aliphatic rings. The van der Waals surface area contributed by atoms with E-state index in [0.29, 0.717) is 17.3 Å². The highest BCUT2D eigenvalue weighted by molar-refractivity contribution is 7.13. The third-order valence-corrected chi connectivity index (χ3v) is 4.76. The average molecular weight is 379 g/mol. The largest absolute Gasteiger partial charge is 0.418 e. The van der Waals surface area contributed by atoms with Crippen molar-refractivity contribution < 1.29 is 13.6 Å². The first-order valence-electron chi connectivity index (χ1n) is 8.19. The van der Waals surface area contributed by atoms with Gasteiger partial charge in [-0.2, -0.15) is 0 Å². The number of halogens is 1. The monoisotopic (exact) mass is 379 g/mol. The summed E-state index contributed by atoms with van der Waals surface area (Å²) in [4.78, 5) is 13.3. The molecule has 5 nitrogen and oxygen atoms in total. The fourth-order valence-corrected chi connectivity index (χ4v) is 3.21. The van der Waals surface area contributed by atoms with Crippen LogP contribution in [0.3, 0.4) is 0 Å². The molecule has 134 valence electrons. The van der Waals surface area contributed by atoms with E-state index in [0.717, 1.165) is 16.0 Å². The molecule has 0 fully saturated rings. The van der Waals surface area contributed by atoms with Crippen LogP contribution in [0.4, 0.5) is 4.39 Å². The minimum absolute atomic E-state index is 0.137. The van der Waals surface area contributed by atoms with Crippen LogP contribution in [0.2, 0.25) is 0 Å². The molecule has 0 saturated heterocycles. The van der Waals surface area contributed by atoms with Crippen molar-refractivity contribution in [3.8, 4) is 21.9 Å². The van der Waals surface area contributed by atoms with E-state index in [1.807, 2.05) is 23.6 Å². The topological polar surface area (TPSA) is 68.0 Å². The van der Waals surface area contributed by atoms with Crippen LogP contribution in [-0.2, 0) is 6.54 Å². The fourth-order valence-electron chi connectivity index (χ4n) is 2.57. The number of hydrogen-bond donors (Lipinski definition) is 1. The van der Waals surface area contributed by atoms with E-state index in [1.54, 1.807) is 30.3 Å². The van der Waals surface area contributed by atoms with E-state index < -0.39 is 0 Å². The number of hydrogen-bond acceptors (Lipinski definition) is 5. The quantitative estimate of drug-likeness (QED) is 0.553. The summed E-state index contributed by atoms with van der Waals surface area (Å²) in [5, 5.41) is 12.6. The number of benzene rings is 2. The van der Waals surface area contributed by atoms with E-state index in [-0.39, 0.29) is 18.3 Å². The van der Waals surface area contributed by atoms with Crippen LogP contribution in [0, 0.1) is 5.82 Å². The molecule has 0 aliphatic heterocycles. The third-order valence-electron chi connectivity index (χ3n) is 3.90.